The smallest absolute Gasteiger partial charge is 0.273 e. The molecule has 1 unspecified atom stereocenters. The summed E-state index contributed by atoms with van der Waals surface area (Å²) in [4.78, 5) is 9.06. The van der Waals surface area contributed by atoms with Crippen molar-refractivity contribution >= 4 is 28.1 Å². The molecule has 0 radical (unpaired) electrons. The van der Waals surface area contributed by atoms with Crippen molar-refractivity contribution in [3.63, 3.8) is 0 Å². The number of ether oxygens (including phenoxy) is 1. The molecule has 1 aromatic carbocycles. The second-order valence-corrected chi connectivity index (χ2v) is 12.3. The summed E-state index contributed by atoms with van der Waals surface area (Å²) in [7, 11) is 0. The fourth-order valence-electron chi connectivity index (χ4n) is 8.21. The number of imidazole rings is 1. The van der Waals surface area contributed by atoms with Crippen LogP contribution in [0.2, 0.25) is 0 Å². The van der Waals surface area contributed by atoms with Gasteiger partial charge in [-0.1, -0.05) is 55.0 Å². The van der Waals surface area contributed by atoms with E-state index in [1.165, 1.54) is 43.3 Å². The monoisotopic (exact) mass is 471 g/mol. The Kier molecular flexibility index (Phi) is 4.65. The summed E-state index contributed by atoms with van der Waals surface area (Å²) >= 11 is 1.61. The van der Waals surface area contributed by atoms with E-state index in [9.17, 15) is 0 Å². The molecule has 0 N–H and O–H groups in total. The van der Waals surface area contributed by atoms with Crippen LogP contribution in [0.4, 0.5) is 0 Å². The van der Waals surface area contributed by atoms with E-state index in [2.05, 4.69) is 66.1 Å². The summed E-state index contributed by atoms with van der Waals surface area (Å²) in [5.74, 6) is 2.28. The molecule has 6 atom stereocenters. The van der Waals surface area contributed by atoms with Gasteiger partial charge in [-0.25, -0.2) is 9.97 Å². The average Bonchev–Trinajstić information content (AvgIpc) is 3.57. The van der Waals surface area contributed by atoms with Crippen LogP contribution in [0.25, 0.3) is 16.7 Å². The highest BCUT2D eigenvalue weighted by Gasteiger charge is 2.57. The Morgan fingerprint density at radius 3 is 2.76 bits per heavy atom. The third kappa shape index (κ3) is 2.95. The molecular weight excluding hydrogens is 438 g/mol. The number of benzene rings is 1. The predicted octanol–water partition coefficient (Wildman–Crippen LogP) is 7.35. The van der Waals surface area contributed by atoms with Crippen LogP contribution in [-0.4, -0.2) is 20.6 Å². The summed E-state index contributed by atoms with van der Waals surface area (Å²) in [6.45, 7) is 5.12. The number of thiazole rings is 1. The molecule has 5 heteroatoms. The van der Waals surface area contributed by atoms with Gasteiger partial charge in [0, 0.05) is 29.1 Å². The van der Waals surface area contributed by atoms with E-state index in [1.54, 1.807) is 16.9 Å². The van der Waals surface area contributed by atoms with Crippen LogP contribution in [0, 0.1) is 28.6 Å². The molecule has 0 saturated heterocycles. The van der Waals surface area contributed by atoms with Crippen LogP contribution < -0.4 is 4.74 Å². The van der Waals surface area contributed by atoms with Crippen LogP contribution in [0.1, 0.15) is 58.8 Å². The highest BCUT2D eigenvalue weighted by atomic mass is 32.1. The zero-order valence-electron chi connectivity index (χ0n) is 20.1. The molecule has 4 aliphatic rings. The fourth-order valence-corrected chi connectivity index (χ4v) is 8.76. The highest BCUT2D eigenvalue weighted by Crippen LogP contribution is 2.65. The molecule has 0 aliphatic heterocycles. The average molecular weight is 472 g/mol. The van der Waals surface area contributed by atoms with Gasteiger partial charge in [0.25, 0.3) is 5.19 Å². The lowest BCUT2D eigenvalue weighted by atomic mass is 9.48. The number of nitrogens with zero attached hydrogens (tertiary/aromatic N) is 3. The maximum atomic E-state index is 6.25. The lowest BCUT2D eigenvalue weighted by Gasteiger charge is -2.57. The third-order valence-corrected chi connectivity index (χ3v) is 10.6. The van der Waals surface area contributed by atoms with Crippen molar-refractivity contribution in [2.45, 2.75) is 64.9 Å². The topological polar surface area (TPSA) is 39.9 Å². The second kappa shape index (κ2) is 7.55. The van der Waals surface area contributed by atoms with E-state index in [1.807, 2.05) is 11.6 Å². The van der Waals surface area contributed by atoms with Crippen molar-refractivity contribution in [2.24, 2.45) is 28.6 Å². The fraction of sp³-hybridized carbons (Fsp3) is 0.517. The molecule has 0 bridgehead atoms. The molecule has 2 saturated carbocycles. The van der Waals surface area contributed by atoms with E-state index in [0.717, 1.165) is 41.3 Å². The van der Waals surface area contributed by atoms with Crippen LogP contribution in [0.5, 0.6) is 5.19 Å². The zero-order valence-corrected chi connectivity index (χ0v) is 20.9. The Balaban J connectivity index is 1.16. The molecular formula is C29H33N3OS. The van der Waals surface area contributed by atoms with Crippen molar-refractivity contribution in [3.05, 3.63) is 59.9 Å². The van der Waals surface area contributed by atoms with Crippen LogP contribution in [0.3, 0.4) is 0 Å². The number of hydrogen-bond acceptors (Lipinski definition) is 4. The van der Waals surface area contributed by atoms with Gasteiger partial charge in [0.2, 0.25) is 0 Å². The number of aromatic nitrogens is 3. The first-order valence-corrected chi connectivity index (χ1v) is 13.8. The first-order chi connectivity index (χ1) is 16.6. The quantitative estimate of drug-likeness (QED) is 0.375. The number of allylic oxidation sites excluding steroid dienone is 3. The molecule has 2 heterocycles. The maximum Gasteiger partial charge on any atom is 0.273 e. The lowest BCUT2D eigenvalue weighted by molar-refractivity contribution is -0.0222. The number of hydrogen-bond donors (Lipinski definition) is 0. The standard InChI is InChI=1S/C29H33N3OS/c1-28-13-11-20(33-27-30-15-16-34-27)17-19(28)7-8-21-22-9-10-26(29(22,2)14-12-23(21)28)32-18-31-24-5-3-4-6-25(24)32/h3-7,10,15-16,18,20-23H,8-9,11-14,17H2,1-2H3/t20?,21-,22-,23-,28-,29-/m0/s1. The van der Waals surface area contributed by atoms with Gasteiger partial charge in [0.05, 0.1) is 11.0 Å². The molecule has 2 fully saturated rings. The number of fused-ring (bicyclic) bond motifs is 6. The summed E-state index contributed by atoms with van der Waals surface area (Å²) in [6, 6.07) is 8.56. The molecule has 0 amide bonds. The molecule has 4 aliphatic carbocycles. The molecule has 2 aromatic heterocycles. The second-order valence-electron chi connectivity index (χ2n) is 11.4. The molecule has 176 valence electrons. The van der Waals surface area contributed by atoms with Crippen molar-refractivity contribution in [3.8, 4) is 5.19 Å². The van der Waals surface area contributed by atoms with E-state index in [4.69, 9.17) is 9.72 Å². The molecule has 4 nitrogen and oxygen atoms in total. The van der Waals surface area contributed by atoms with E-state index in [0.29, 0.717) is 5.41 Å². The first-order valence-electron chi connectivity index (χ1n) is 12.9. The minimum Gasteiger partial charge on any atom is -0.466 e. The van der Waals surface area contributed by atoms with Crippen molar-refractivity contribution in [1.82, 2.24) is 14.5 Å². The van der Waals surface area contributed by atoms with Gasteiger partial charge >= 0.3 is 0 Å². The SMILES string of the molecule is C[C@]12CCC(Oc3nccs3)CC1=CC[C@@H]1[C@@H]2CC[C@]2(C)C(n3cnc4ccccc43)=CC[C@@H]12. The minimum atomic E-state index is 0.234. The van der Waals surface area contributed by atoms with Crippen LogP contribution in [-0.2, 0) is 0 Å². The molecule has 0 spiro atoms. The van der Waals surface area contributed by atoms with Gasteiger partial charge in [-0.15, -0.1) is 0 Å². The largest absolute Gasteiger partial charge is 0.466 e. The van der Waals surface area contributed by atoms with E-state index < -0.39 is 0 Å². The maximum absolute atomic E-state index is 6.25. The Morgan fingerprint density at radius 1 is 1.00 bits per heavy atom. The van der Waals surface area contributed by atoms with Crippen LogP contribution in [0.15, 0.2) is 59.9 Å². The Labute approximate surface area is 205 Å². The molecule has 34 heavy (non-hydrogen) atoms. The normalized spacial score (nSPS) is 36.9. The van der Waals surface area contributed by atoms with Crippen LogP contribution >= 0.6 is 11.3 Å². The Bertz CT molecular complexity index is 1290. The summed E-state index contributed by atoms with van der Waals surface area (Å²) in [5, 5.41) is 2.83. The Hall–Kier alpha value is -2.40. The van der Waals surface area contributed by atoms with E-state index >= 15 is 0 Å². The first kappa shape index (κ1) is 20.9. The minimum absolute atomic E-state index is 0.234. The van der Waals surface area contributed by atoms with Gasteiger partial charge < -0.3 is 9.30 Å². The molecule has 7 rings (SSSR count). The summed E-state index contributed by atoms with van der Waals surface area (Å²) < 4.78 is 8.64. The third-order valence-electron chi connectivity index (χ3n) is 9.99. The van der Waals surface area contributed by atoms with Gasteiger partial charge in [-0.05, 0) is 73.8 Å². The predicted molar refractivity (Wildman–Crippen MR) is 138 cm³/mol. The lowest BCUT2D eigenvalue weighted by Crippen LogP contribution is -2.50. The van der Waals surface area contributed by atoms with E-state index in [-0.39, 0.29) is 11.5 Å². The number of rotatable bonds is 3. The summed E-state index contributed by atoms with van der Waals surface area (Å²) in [5.41, 5.74) is 6.06. The van der Waals surface area contributed by atoms with Gasteiger partial charge in [-0.3, -0.25) is 0 Å². The van der Waals surface area contributed by atoms with Gasteiger partial charge in [0.1, 0.15) is 12.4 Å². The zero-order chi connectivity index (χ0) is 22.9. The molecule has 3 aromatic rings. The van der Waals surface area contributed by atoms with Gasteiger partial charge in [0.15, 0.2) is 0 Å². The summed E-state index contributed by atoms with van der Waals surface area (Å²) in [6.07, 6.45) is 17.8. The van der Waals surface area contributed by atoms with Crippen molar-refractivity contribution in [1.29, 1.82) is 0 Å². The van der Waals surface area contributed by atoms with Crippen molar-refractivity contribution in [2.75, 3.05) is 0 Å². The Morgan fingerprint density at radius 2 is 1.88 bits per heavy atom. The highest BCUT2D eigenvalue weighted by molar-refractivity contribution is 7.11. The van der Waals surface area contributed by atoms with Gasteiger partial charge in [-0.2, -0.15) is 0 Å². The van der Waals surface area contributed by atoms with Crippen molar-refractivity contribution < 1.29 is 4.74 Å². The number of para-hydroxylation sites is 2.